The van der Waals surface area contributed by atoms with Gasteiger partial charge in [-0.25, -0.2) is 4.99 Å². The average Bonchev–Trinajstić information content (AvgIpc) is 2.64. The van der Waals surface area contributed by atoms with Crippen molar-refractivity contribution < 1.29 is 0 Å². The Hall–Kier alpha value is -1.51. The van der Waals surface area contributed by atoms with Crippen LogP contribution in [0, 0.1) is 0 Å². The van der Waals surface area contributed by atoms with Crippen LogP contribution in [0.1, 0.15) is 39.0 Å². The Labute approximate surface area is 110 Å². The van der Waals surface area contributed by atoms with Crippen LogP contribution in [-0.2, 0) is 0 Å². The lowest BCUT2D eigenvalue weighted by molar-refractivity contribution is 0.304. The molecule has 1 aromatic carbocycles. The summed E-state index contributed by atoms with van der Waals surface area (Å²) in [5, 5.41) is 0. The van der Waals surface area contributed by atoms with Gasteiger partial charge in [-0.2, -0.15) is 0 Å². The third-order valence-electron chi connectivity index (χ3n) is 3.64. The van der Waals surface area contributed by atoms with E-state index in [1.165, 1.54) is 25.7 Å². The predicted molar refractivity (Wildman–Crippen MR) is 77.0 cm³/mol. The van der Waals surface area contributed by atoms with Gasteiger partial charge in [0.1, 0.15) is 0 Å². The lowest BCUT2D eigenvalue weighted by Crippen LogP contribution is -2.44. The van der Waals surface area contributed by atoms with Crippen LogP contribution in [-0.4, -0.2) is 23.4 Å². The molecule has 0 saturated carbocycles. The van der Waals surface area contributed by atoms with E-state index in [0.29, 0.717) is 12.0 Å². The minimum absolute atomic E-state index is 0.556. The fourth-order valence-electron chi connectivity index (χ4n) is 2.60. The molecule has 1 unspecified atom stereocenters. The van der Waals surface area contributed by atoms with Crippen LogP contribution < -0.4 is 5.73 Å². The van der Waals surface area contributed by atoms with Crippen molar-refractivity contribution in [1.82, 2.24) is 4.90 Å². The van der Waals surface area contributed by atoms with Gasteiger partial charge in [-0.1, -0.05) is 38.0 Å². The first-order valence-electron chi connectivity index (χ1n) is 6.97. The molecule has 0 spiro atoms. The van der Waals surface area contributed by atoms with Gasteiger partial charge >= 0.3 is 0 Å². The van der Waals surface area contributed by atoms with E-state index in [2.05, 4.69) is 16.8 Å². The van der Waals surface area contributed by atoms with E-state index >= 15 is 0 Å². The number of nitrogens with two attached hydrogens (primary N) is 1. The summed E-state index contributed by atoms with van der Waals surface area (Å²) in [6.45, 7) is 3.28. The van der Waals surface area contributed by atoms with Crippen molar-refractivity contribution in [2.24, 2.45) is 10.7 Å². The number of aliphatic imine (C=N–C) groups is 1. The molecule has 0 aromatic heterocycles. The van der Waals surface area contributed by atoms with Gasteiger partial charge in [-0.05, 0) is 31.4 Å². The number of hydrogen-bond acceptors (Lipinski definition) is 1. The topological polar surface area (TPSA) is 41.6 Å². The normalized spacial score (nSPS) is 21.7. The molecule has 1 saturated heterocycles. The molecule has 1 aliphatic rings. The molecule has 1 aliphatic heterocycles. The fourth-order valence-corrected chi connectivity index (χ4v) is 2.60. The first kappa shape index (κ1) is 12.9. The van der Waals surface area contributed by atoms with Crippen LogP contribution in [0.4, 0.5) is 5.69 Å². The smallest absolute Gasteiger partial charge is 0.196 e. The van der Waals surface area contributed by atoms with E-state index in [9.17, 15) is 0 Å². The summed E-state index contributed by atoms with van der Waals surface area (Å²) in [5.41, 5.74) is 7.13. The Bertz CT molecular complexity index is 386. The molecule has 1 fully saturated rings. The number of rotatable bonds is 2. The van der Waals surface area contributed by atoms with Crippen molar-refractivity contribution in [3.63, 3.8) is 0 Å². The molecule has 2 rings (SSSR count). The molecule has 0 bridgehead atoms. The Kier molecular flexibility index (Phi) is 4.62. The van der Waals surface area contributed by atoms with Gasteiger partial charge in [-0.15, -0.1) is 0 Å². The van der Waals surface area contributed by atoms with Crippen molar-refractivity contribution in [2.45, 2.75) is 45.1 Å². The molecular weight excluding hydrogens is 222 g/mol. The fraction of sp³-hybridized carbons (Fsp3) is 0.533. The van der Waals surface area contributed by atoms with Gasteiger partial charge < -0.3 is 10.6 Å². The first-order chi connectivity index (χ1) is 8.81. The quantitative estimate of drug-likeness (QED) is 0.641. The average molecular weight is 245 g/mol. The van der Waals surface area contributed by atoms with Crippen molar-refractivity contribution in [2.75, 3.05) is 6.54 Å². The number of likely N-dealkylation sites (tertiary alicyclic amines) is 1. The molecule has 3 nitrogen and oxygen atoms in total. The molecule has 0 radical (unpaired) electrons. The van der Waals surface area contributed by atoms with E-state index in [4.69, 9.17) is 5.73 Å². The third kappa shape index (κ3) is 3.25. The molecule has 0 amide bonds. The zero-order chi connectivity index (χ0) is 12.8. The maximum absolute atomic E-state index is 6.19. The van der Waals surface area contributed by atoms with Crippen LogP contribution in [0.3, 0.4) is 0 Å². The predicted octanol–water partition coefficient (Wildman–Crippen LogP) is 3.29. The highest BCUT2D eigenvalue weighted by Crippen LogP contribution is 2.20. The van der Waals surface area contributed by atoms with Crippen LogP contribution >= 0.6 is 0 Å². The Balaban J connectivity index is 2.14. The van der Waals surface area contributed by atoms with E-state index in [1.54, 1.807) is 0 Å². The van der Waals surface area contributed by atoms with Gasteiger partial charge in [0, 0.05) is 12.6 Å². The second kappa shape index (κ2) is 6.43. The van der Waals surface area contributed by atoms with Gasteiger partial charge in [0.2, 0.25) is 0 Å². The molecule has 1 aromatic rings. The summed E-state index contributed by atoms with van der Waals surface area (Å²) < 4.78 is 0. The van der Waals surface area contributed by atoms with Gasteiger partial charge in [0.15, 0.2) is 5.96 Å². The number of para-hydroxylation sites is 1. The van der Waals surface area contributed by atoms with Crippen LogP contribution in [0.2, 0.25) is 0 Å². The minimum Gasteiger partial charge on any atom is -0.369 e. The molecule has 98 valence electrons. The molecule has 0 aliphatic carbocycles. The van der Waals surface area contributed by atoms with Crippen LogP contribution in [0.15, 0.2) is 35.3 Å². The third-order valence-corrected chi connectivity index (χ3v) is 3.64. The largest absolute Gasteiger partial charge is 0.369 e. The summed E-state index contributed by atoms with van der Waals surface area (Å²) in [7, 11) is 0. The Morgan fingerprint density at radius 2 is 2.06 bits per heavy atom. The SMILES string of the molecule is CCC1CCCCCN1C(N)=Nc1ccccc1. The number of guanidine groups is 1. The standard InChI is InChI=1S/C15H23N3/c1-2-14-11-7-4-8-12-18(14)15(16)17-13-9-5-3-6-10-13/h3,5-6,9-10,14H,2,4,7-8,11-12H2,1H3,(H2,16,17). The summed E-state index contributed by atoms with van der Waals surface area (Å²) >= 11 is 0. The maximum Gasteiger partial charge on any atom is 0.196 e. The molecule has 1 heterocycles. The van der Waals surface area contributed by atoms with Crippen molar-refractivity contribution in [3.8, 4) is 0 Å². The monoisotopic (exact) mass is 245 g/mol. The lowest BCUT2D eigenvalue weighted by atomic mass is 10.1. The highest BCUT2D eigenvalue weighted by molar-refractivity contribution is 5.81. The summed E-state index contributed by atoms with van der Waals surface area (Å²) in [6, 6.07) is 10.5. The van der Waals surface area contributed by atoms with E-state index < -0.39 is 0 Å². The number of hydrogen-bond donors (Lipinski definition) is 1. The summed E-state index contributed by atoms with van der Waals surface area (Å²) in [5.74, 6) is 0.676. The van der Waals surface area contributed by atoms with Crippen molar-refractivity contribution in [3.05, 3.63) is 30.3 Å². The lowest BCUT2D eigenvalue weighted by Gasteiger charge is -2.30. The van der Waals surface area contributed by atoms with E-state index in [-0.39, 0.29) is 0 Å². The molecule has 18 heavy (non-hydrogen) atoms. The van der Waals surface area contributed by atoms with Gasteiger partial charge in [-0.3, -0.25) is 0 Å². The highest BCUT2D eigenvalue weighted by atomic mass is 15.3. The van der Waals surface area contributed by atoms with Gasteiger partial charge in [0.25, 0.3) is 0 Å². The second-order valence-electron chi connectivity index (χ2n) is 4.91. The van der Waals surface area contributed by atoms with E-state index in [1.807, 2.05) is 30.3 Å². The summed E-state index contributed by atoms with van der Waals surface area (Å²) in [4.78, 5) is 6.83. The van der Waals surface area contributed by atoms with Crippen LogP contribution in [0.25, 0.3) is 0 Å². The van der Waals surface area contributed by atoms with E-state index in [0.717, 1.165) is 18.7 Å². The summed E-state index contributed by atoms with van der Waals surface area (Å²) in [6.07, 6.45) is 6.23. The maximum atomic E-state index is 6.19. The van der Waals surface area contributed by atoms with Gasteiger partial charge in [0.05, 0.1) is 5.69 Å². The molecule has 2 N–H and O–H groups in total. The minimum atomic E-state index is 0.556. The Morgan fingerprint density at radius 3 is 2.78 bits per heavy atom. The number of nitrogens with zero attached hydrogens (tertiary/aromatic N) is 2. The molecule has 3 heteroatoms. The zero-order valence-corrected chi connectivity index (χ0v) is 11.2. The highest BCUT2D eigenvalue weighted by Gasteiger charge is 2.20. The number of benzene rings is 1. The molecular formula is C15H23N3. The Morgan fingerprint density at radius 1 is 1.28 bits per heavy atom. The second-order valence-corrected chi connectivity index (χ2v) is 4.91. The van der Waals surface area contributed by atoms with Crippen molar-refractivity contribution >= 4 is 11.6 Å². The van der Waals surface area contributed by atoms with Crippen molar-refractivity contribution in [1.29, 1.82) is 0 Å². The molecule has 1 atom stereocenters. The first-order valence-corrected chi connectivity index (χ1v) is 6.97. The van der Waals surface area contributed by atoms with Crippen LogP contribution in [0.5, 0.6) is 0 Å². The zero-order valence-electron chi connectivity index (χ0n) is 11.2.